The third kappa shape index (κ3) is 4.96. The maximum absolute atomic E-state index is 12.6. The molecule has 2 unspecified atom stereocenters. The fraction of sp³-hybridized carbons (Fsp3) is 0.348. The Morgan fingerprint density at radius 1 is 1.25 bits per heavy atom. The summed E-state index contributed by atoms with van der Waals surface area (Å²) in [5, 5.41) is 15.0. The Morgan fingerprint density at radius 3 is 2.50 bits per heavy atom. The monoisotopic (exact) mass is 457 g/mol. The smallest absolute Gasteiger partial charge is 0.326 e. The predicted molar refractivity (Wildman–Crippen MR) is 118 cm³/mol. The number of aliphatic carboxylic acids is 1. The number of carboxylic acid groups (broad SMARTS) is 1. The molecule has 0 saturated heterocycles. The molecule has 168 valence electrons. The third-order valence-electron chi connectivity index (χ3n) is 6.09. The van der Waals surface area contributed by atoms with Gasteiger partial charge in [0.15, 0.2) is 0 Å². The van der Waals surface area contributed by atoms with Crippen LogP contribution in [0.1, 0.15) is 36.2 Å². The molecule has 0 bridgehead atoms. The number of carbonyl (C=O) groups excluding carboxylic acids is 3. The second-order valence-corrected chi connectivity index (χ2v) is 8.81. The number of rotatable bonds is 8. The molecule has 2 aromatic rings. The maximum atomic E-state index is 12.6. The van der Waals surface area contributed by atoms with E-state index in [0.717, 1.165) is 6.29 Å². The summed E-state index contributed by atoms with van der Waals surface area (Å²) in [7, 11) is 0. The minimum absolute atomic E-state index is 0.0774. The average molecular weight is 458 g/mol. The van der Waals surface area contributed by atoms with Crippen LogP contribution < -0.4 is 10.6 Å². The molecule has 3 N–H and O–H groups in total. The molecule has 1 heterocycles. The number of hydrogen-bond donors (Lipinski definition) is 3. The highest BCUT2D eigenvalue weighted by atomic mass is 35.5. The van der Waals surface area contributed by atoms with Crippen LogP contribution in [0.15, 0.2) is 42.6 Å². The minimum atomic E-state index is -1.15. The van der Waals surface area contributed by atoms with Crippen molar-refractivity contribution in [1.29, 1.82) is 0 Å². The van der Waals surface area contributed by atoms with E-state index >= 15 is 0 Å². The van der Waals surface area contributed by atoms with Crippen LogP contribution in [0.3, 0.4) is 0 Å². The van der Waals surface area contributed by atoms with Crippen LogP contribution in [0.2, 0.25) is 5.15 Å². The van der Waals surface area contributed by atoms with Crippen LogP contribution in [-0.2, 0) is 20.8 Å². The number of nitrogens with one attached hydrogen (secondary N) is 2. The van der Waals surface area contributed by atoms with Crippen LogP contribution in [0, 0.1) is 17.3 Å². The molecule has 0 radical (unpaired) electrons. The quantitative estimate of drug-likeness (QED) is 0.413. The van der Waals surface area contributed by atoms with Crippen LogP contribution in [0.25, 0.3) is 0 Å². The van der Waals surface area contributed by atoms with E-state index in [4.69, 9.17) is 11.6 Å². The molecule has 1 saturated carbocycles. The number of carboxylic acids is 1. The molecule has 0 aliphatic heterocycles. The highest BCUT2D eigenvalue weighted by Crippen LogP contribution is 2.50. The van der Waals surface area contributed by atoms with Gasteiger partial charge in [-0.15, -0.1) is 0 Å². The SMILES string of the molecule is CC1(C)C(C(=O)NC(Cc2ccc(NC(=O)c3cccnc3Cl)cc2)C(=O)O)C[C@@H]1C=O. The number of aromatic nitrogens is 1. The van der Waals surface area contributed by atoms with Crippen LogP contribution >= 0.6 is 11.6 Å². The summed E-state index contributed by atoms with van der Waals surface area (Å²) in [4.78, 5) is 51.6. The van der Waals surface area contributed by atoms with Crippen molar-refractivity contribution in [1.82, 2.24) is 10.3 Å². The average Bonchev–Trinajstić information content (AvgIpc) is 2.74. The summed E-state index contributed by atoms with van der Waals surface area (Å²) in [6, 6.07) is 8.69. The summed E-state index contributed by atoms with van der Waals surface area (Å²) in [5.41, 5.74) is 0.924. The molecule has 1 aromatic carbocycles. The van der Waals surface area contributed by atoms with Crippen molar-refractivity contribution in [3.05, 3.63) is 58.9 Å². The maximum Gasteiger partial charge on any atom is 0.326 e. The summed E-state index contributed by atoms with van der Waals surface area (Å²) >= 11 is 5.93. The lowest BCUT2D eigenvalue weighted by Crippen LogP contribution is -2.55. The number of pyridine rings is 1. The largest absolute Gasteiger partial charge is 0.480 e. The molecule has 8 nitrogen and oxygen atoms in total. The van der Waals surface area contributed by atoms with Crippen LogP contribution in [0.4, 0.5) is 5.69 Å². The van der Waals surface area contributed by atoms with E-state index in [0.29, 0.717) is 17.7 Å². The van der Waals surface area contributed by atoms with Crippen molar-refractivity contribution in [3.63, 3.8) is 0 Å². The molecular formula is C23H24ClN3O5. The molecule has 1 fully saturated rings. The van der Waals surface area contributed by atoms with Gasteiger partial charge in [0, 0.05) is 30.1 Å². The Bertz CT molecular complexity index is 1040. The van der Waals surface area contributed by atoms with Gasteiger partial charge >= 0.3 is 5.97 Å². The number of carbonyl (C=O) groups is 4. The lowest BCUT2D eigenvalue weighted by atomic mass is 9.55. The van der Waals surface area contributed by atoms with E-state index in [9.17, 15) is 24.3 Å². The Balaban J connectivity index is 1.62. The van der Waals surface area contributed by atoms with Gasteiger partial charge in [0.05, 0.1) is 5.56 Å². The molecule has 9 heteroatoms. The minimum Gasteiger partial charge on any atom is -0.480 e. The standard InChI is InChI=1S/C23H24ClN3O5/c1-23(2)14(12-28)11-17(23)21(30)27-18(22(31)32)10-13-5-7-15(8-6-13)26-20(29)16-4-3-9-25-19(16)24/h3-9,12,14,17-18H,10-11H2,1-2H3,(H,26,29)(H,27,30)(H,31,32)/t14-,17?,18?/m1/s1. The first kappa shape index (κ1) is 23.4. The van der Waals surface area contributed by atoms with Gasteiger partial charge in [-0.1, -0.05) is 37.6 Å². The number of anilines is 1. The van der Waals surface area contributed by atoms with Crippen molar-refractivity contribution in [2.75, 3.05) is 5.32 Å². The molecule has 1 aromatic heterocycles. The van der Waals surface area contributed by atoms with Gasteiger partial charge in [-0.2, -0.15) is 0 Å². The summed E-state index contributed by atoms with van der Waals surface area (Å²) < 4.78 is 0. The van der Waals surface area contributed by atoms with Gasteiger partial charge in [0.25, 0.3) is 5.91 Å². The Kier molecular flexibility index (Phi) is 6.93. The zero-order valence-electron chi connectivity index (χ0n) is 17.7. The summed E-state index contributed by atoms with van der Waals surface area (Å²) in [6.07, 6.45) is 2.83. The zero-order valence-corrected chi connectivity index (χ0v) is 18.4. The Labute approximate surface area is 190 Å². The first-order valence-corrected chi connectivity index (χ1v) is 10.5. The van der Waals surface area contributed by atoms with Gasteiger partial charge in [0.2, 0.25) is 5.91 Å². The predicted octanol–water partition coefficient (Wildman–Crippen LogP) is 2.96. The molecule has 32 heavy (non-hydrogen) atoms. The molecule has 2 amide bonds. The fourth-order valence-electron chi connectivity index (χ4n) is 3.82. The summed E-state index contributed by atoms with van der Waals surface area (Å²) in [6.45, 7) is 3.67. The highest BCUT2D eigenvalue weighted by Gasteiger charge is 2.51. The van der Waals surface area contributed by atoms with Crippen LogP contribution in [0.5, 0.6) is 0 Å². The van der Waals surface area contributed by atoms with Gasteiger partial charge < -0.3 is 20.5 Å². The highest BCUT2D eigenvalue weighted by molar-refractivity contribution is 6.33. The first-order valence-electron chi connectivity index (χ1n) is 10.1. The topological polar surface area (TPSA) is 125 Å². The lowest BCUT2D eigenvalue weighted by Gasteiger charge is -2.48. The number of benzene rings is 1. The lowest BCUT2D eigenvalue weighted by molar-refractivity contribution is -0.149. The van der Waals surface area contributed by atoms with Crippen molar-refractivity contribution in [2.24, 2.45) is 17.3 Å². The van der Waals surface area contributed by atoms with E-state index < -0.39 is 29.3 Å². The zero-order chi connectivity index (χ0) is 23.5. The molecule has 0 spiro atoms. The van der Waals surface area contributed by atoms with Crippen LogP contribution in [-0.4, -0.2) is 40.2 Å². The van der Waals surface area contributed by atoms with Crippen molar-refractivity contribution >= 4 is 41.4 Å². The fourth-order valence-corrected chi connectivity index (χ4v) is 4.03. The number of hydrogen-bond acceptors (Lipinski definition) is 5. The van der Waals surface area contributed by atoms with Gasteiger partial charge in [-0.3, -0.25) is 9.59 Å². The first-order chi connectivity index (χ1) is 15.1. The molecular weight excluding hydrogens is 434 g/mol. The normalized spacial score (nSPS) is 19.8. The summed E-state index contributed by atoms with van der Waals surface area (Å²) in [5.74, 6) is -2.53. The van der Waals surface area contributed by atoms with Gasteiger partial charge in [-0.25, -0.2) is 9.78 Å². The van der Waals surface area contributed by atoms with Gasteiger partial charge in [0.1, 0.15) is 17.5 Å². The van der Waals surface area contributed by atoms with Crippen molar-refractivity contribution in [3.8, 4) is 0 Å². The van der Waals surface area contributed by atoms with E-state index in [1.807, 2.05) is 13.8 Å². The van der Waals surface area contributed by atoms with Gasteiger partial charge in [-0.05, 0) is 41.7 Å². The molecule has 1 aliphatic carbocycles. The van der Waals surface area contributed by atoms with E-state index in [1.54, 1.807) is 36.4 Å². The number of amides is 2. The third-order valence-corrected chi connectivity index (χ3v) is 6.40. The van der Waals surface area contributed by atoms with Crippen molar-refractivity contribution < 1.29 is 24.3 Å². The molecule has 3 rings (SSSR count). The number of nitrogens with zero attached hydrogens (tertiary/aromatic N) is 1. The Hall–Kier alpha value is -3.26. The number of aldehydes is 1. The molecule has 3 atom stereocenters. The van der Waals surface area contributed by atoms with E-state index in [2.05, 4.69) is 15.6 Å². The Morgan fingerprint density at radius 2 is 1.94 bits per heavy atom. The second-order valence-electron chi connectivity index (χ2n) is 8.45. The van der Waals surface area contributed by atoms with Crippen molar-refractivity contribution in [2.45, 2.75) is 32.7 Å². The van der Waals surface area contributed by atoms with E-state index in [1.165, 1.54) is 6.20 Å². The molecule has 1 aliphatic rings. The van der Waals surface area contributed by atoms with E-state index in [-0.39, 0.29) is 29.0 Å². The second kappa shape index (κ2) is 9.48. The number of halogens is 1.